The van der Waals surface area contributed by atoms with Crippen molar-refractivity contribution in [2.45, 2.75) is 26.3 Å². The molecule has 1 fully saturated rings. The molecule has 0 saturated carbocycles. The first-order chi connectivity index (χ1) is 12.0. The Kier molecular flexibility index (Phi) is 4.88. The van der Waals surface area contributed by atoms with Crippen molar-refractivity contribution in [3.05, 3.63) is 36.0 Å². The number of rotatable bonds is 4. The van der Waals surface area contributed by atoms with Crippen molar-refractivity contribution >= 4 is 28.6 Å². The van der Waals surface area contributed by atoms with Crippen LogP contribution in [0.1, 0.15) is 30.1 Å². The van der Waals surface area contributed by atoms with E-state index in [1.807, 2.05) is 28.8 Å². The Morgan fingerprint density at radius 3 is 2.48 bits per heavy atom. The minimum atomic E-state index is -0.199. The van der Waals surface area contributed by atoms with Crippen LogP contribution in [0.15, 0.2) is 30.5 Å². The van der Waals surface area contributed by atoms with E-state index in [1.54, 1.807) is 11.1 Å². The standard InChI is InChI=1S/C19H22N2O4/c1-13(22)16-11-21(17-6-4-3-5-15(16)17)12-18(23)20-9-7-14(8-10-20)19(24)25-2/h3-6,11,14H,7-10,12H2,1-2H3. The number of methoxy groups -OCH3 is 1. The number of nitrogens with zero attached hydrogens (tertiary/aromatic N) is 2. The molecule has 2 aromatic rings. The molecule has 0 bridgehead atoms. The first-order valence-electron chi connectivity index (χ1n) is 8.45. The lowest BCUT2D eigenvalue weighted by atomic mass is 9.97. The van der Waals surface area contributed by atoms with E-state index >= 15 is 0 Å². The van der Waals surface area contributed by atoms with Crippen LogP contribution >= 0.6 is 0 Å². The summed E-state index contributed by atoms with van der Waals surface area (Å²) in [6, 6.07) is 7.60. The normalized spacial score (nSPS) is 15.4. The Morgan fingerprint density at radius 1 is 1.16 bits per heavy atom. The predicted molar refractivity (Wildman–Crippen MR) is 93.3 cm³/mol. The van der Waals surface area contributed by atoms with E-state index in [0.29, 0.717) is 31.5 Å². The molecule has 25 heavy (non-hydrogen) atoms. The summed E-state index contributed by atoms with van der Waals surface area (Å²) in [5.41, 5.74) is 1.51. The third kappa shape index (κ3) is 3.43. The van der Waals surface area contributed by atoms with Gasteiger partial charge in [0.25, 0.3) is 0 Å². The van der Waals surface area contributed by atoms with E-state index in [9.17, 15) is 14.4 Å². The summed E-state index contributed by atoms with van der Waals surface area (Å²) < 4.78 is 6.61. The molecule has 132 valence electrons. The first kappa shape index (κ1) is 17.2. The average molecular weight is 342 g/mol. The second-order valence-electron chi connectivity index (χ2n) is 6.42. The van der Waals surface area contributed by atoms with Crippen molar-refractivity contribution in [1.82, 2.24) is 9.47 Å². The largest absolute Gasteiger partial charge is 0.469 e. The van der Waals surface area contributed by atoms with Gasteiger partial charge in [0.2, 0.25) is 5.91 Å². The molecule has 6 nitrogen and oxygen atoms in total. The fraction of sp³-hybridized carbons (Fsp3) is 0.421. The van der Waals surface area contributed by atoms with Gasteiger partial charge in [0.1, 0.15) is 6.54 Å². The van der Waals surface area contributed by atoms with E-state index in [-0.39, 0.29) is 30.1 Å². The minimum Gasteiger partial charge on any atom is -0.469 e. The van der Waals surface area contributed by atoms with Gasteiger partial charge in [0, 0.05) is 35.8 Å². The Morgan fingerprint density at radius 2 is 1.84 bits per heavy atom. The molecule has 0 atom stereocenters. The van der Waals surface area contributed by atoms with E-state index in [1.165, 1.54) is 14.0 Å². The topological polar surface area (TPSA) is 68.6 Å². The van der Waals surface area contributed by atoms with Gasteiger partial charge in [-0.2, -0.15) is 0 Å². The molecule has 0 radical (unpaired) electrons. The van der Waals surface area contributed by atoms with Gasteiger partial charge in [0.05, 0.1) is 13.0 Å². The molecular formula is C19H22N2O4. The molecule has 0 spiro atoms. The summed E-state index contributed by atoms with van der Waals surface area (Å²) in [5, 5.41) is 0.868. The van der Waals surface area contributed by atoms with Gasteiger partial charge in [-0.1, -0.05) is 18.2 Å². The maximum absolute atomic E-state index is 12.6. The molecular weight excluding hydrogens is 320 g/mol. The number of carbonyl (C=O) groups is 3. The Labute approximate surface area is 146 Å². The highest BCUT2D eigenvalue weighted by Gasteiger charge is 2.28. The number of benzene rings is 1. The maximum Gasteiger partial charge on any atom is 0.308 e. The summed E-state index contributed by atoms with van der Waals surface area (Å²) in [4.78, 5) is 37.8. The van der Waals surface area contributed by atoms with Crippen LogP contribution in [0.2, 0.25) is 0 Å². The molecule has 1 aliphatic rings. The van der Waals surface area contributed by atoms with Crippen LogP contribution in [0.3, 0.4) is 0 Å². The van der Waals surface area contributed by atoms with Crippen LogP contribution in [0, 0.1) is 5.92 Å². The molecule has 1 aromatic heterocycles. The van der Waals surface area contributed by atoms with Crippen molar-refractivity contribution < 1.29 is 19.1 Å². The van der Waals surface area contributed by atoms with Gasteiger partial charge < -0.3 is 14.2 Å². The molecule has 1 saturated heterocycles. The van der Waals surface area contributed by atoms with Crippen molar-refractivity contribution in [3.8, 4) is 0 Å². The Bertz CT molecular complexity index is 816. The number of Topliss-reactive ketones (excluding diaryl/α,β-unsaturated/α-hetero) is 1. The number of aromatic nitrogens is 1. The molecule has 0 N–H and O–H groups in total. The lowest BCUT2D eigenvalue weighted by Gasteiger charge is -2.30. The summed E-state index contributed by atoms with van der Waals surface area (Å²) in [7, 11) is 1.39. The highest BCUT2D eigenvalue weighted by atomic mass is 16.5. The number of hydrogen-bond acceptors (Lipinski definition) is 4. The lowest BCUT2D eigenvalue weighted by Crippen LogP contribution is -2.41. The minimum absolute atomic E-state index is 0.000768. The van der Waals surface area contributed by atoms with Crippen LogP contribution in [0.5, 0.6) is 0 Å². The number of piperidine rings is 1. The Hall–Kier alpha value is -2.63. The van der Waals surface area contributed by atoms with Gasteiger partial charge >= 0.3 is 5.97 Å². The number of amides is 1. The molecule has 1 aromatic carbocycles. The molecule has 1 aliphatic heterocycles. The van der Waals surface area contributed by atoms with Crippen molar-refractivity contribution in [2.75, 3.05) is 20.2 Å². The van der Waals surface area contributed by atoms with E-state index in [0.717, 1.165) is 10.9 Å². The second-order valence-corrected chi connectivity index (χ2v) is 6.42. The fourth-order valence-corrected chi connectivity index (χ4v) is 3.44. The SMILES string of the molecule is COC(=O)C1CCN(C(=O)Cn2cc(C(C)=O)c3ccccc32)CC1. The first-order valence-corrected chi connectivity index (χ1v) is 8.45. The van der Waals surface area contributed by atoms with Crippen LogP contribution in [0.4, 0.5) is 0 Å². The molecule has 0 aliphatic carbocycles. The quantitative estimate of drug-likeness (QED) is 0.631. The number of ketones is 1. The highest BCUT2D eigenvalue weighted by molar-refractivity contribution is 6.07. The maximum atomic E-state index is 12.6. The highest BCUT2D eigenvalue weighted by Crippen LogP contribution is 2.23. The van der Waals surface area contributed by atoms with Gasteiger partial charge in [0.15, 0.2) is 5.78 Å². The summed E-state index contributed by atoms with van der Waals surface area (Å²) in [6.07, 6.45) is 3.01. The van der Waals surface area contributed by atoms with E-state index in [4.69, 9.17) is 4.74 Å². The molecule has 2 heterocycles. The number of fused-ring (bicyclic) bond motifs is 1. The number of para-hydroxylation sites is 1. The molecule has 3 rings (SSSR count). The number of carbonyl (C=O) groups excluding carboxylic acids is 3. The number of esters is 1. The zero-order valence-corrected chi connectivity index (χ0v) is 14.5. The van der Waals surface area contributed by atoms with E-state index < -0.39 is 0 Å². The zero-order chi connectivity index (χ0) is 18.0. The number of likely N-dealkylation sites (tertiary alicyclic amines) is 1. The molecule has 6 heteroatoms. The van der Waals surface area contributed by atoms with Gasteiger partial charge in [-0.15, -0.1) is 0 Å². The van der Waals surface area contributed by atoms with Gasteiger partial charge in [-0.25, -0.2) is 0 Å². The number of hydrogen-bond donors (Lipinski definition) is 0. The predicted octanol–water partition coefficient (Wildman–Crippen LogP) is 2.26. The fourth-order valence-electron chi connectivity index (χ4n) is 3.44. The third-order valence-corrected chi connectivity index (χ3v) is 4.86. The van der Waals surface area contributed by atoms with Gasteiger partial charge in [-0.3, -0.25) is 14.4 Å². The summed E-state index contributed by atoms with van der Waals surface area (Å²) >= 11 is 0. The van der Waals surface area contributed by atoms with Crippen LogP contribution < -0.4 is 0 Å². The van der Waals surface area contributed by atoms with Crippen molar-refractivity contribution in [3.63, 3.8) is 0 Å². The van der Waals surface area contributed by atoms with Crippen molar-refractivity contribution in [2.24, 2.45) is 5.92 Å². The molecule has 0 unspecified atom stereocenters. The molecule has 1 amide bonds. The Balaban J connectivity index is 1.73. The second kappa shape index (κ2) is 7.09. The third-order valence-electron chi connectivity index (χ3n) is 4.86. The summed E-state index contributed by atoms with van der Waals surface area (Å²) in [5.74, 6) is -0.333. The smallest absolute Gasteiger partial charge is 0.308 e. The van der Waals surface area contributed by atoms with Crippen LogP contribution in [0.25, 0.3) is 10.9 Å². The van der Waals surface area contributed by atoms with Crippen molar-refractivity contribution in [1.29, 1.82) is 0 Å². The van der Waals surface area contributed by atoms with Gasteiger partial charge in [-0.05, 0) is 25.8 Å². The van der Waals surface area contributed by atoms with E-state index in [2.05, 4.69) is 0 Å². The zero-order valence-electron chi connectivity index (χ0n) is 14.5. The van der Waals surface area contributed by atoms with Crippen LogP contribution in [-0.4, -0.2) is 47.3 Å². The van der Waals surface area contributed by atoms with Crippen LogP contribution in [-0.2, 0) is 20.9 Å². The lowest BCUT2D eigenvalue weighted by molar-refractivity contribution is -0.149. The average Bonchev–Trinajstić information content (AvgIpc) is 3.00. The summed E-state index contributed by atoms with van der Waals surface area (Å²) in [6.45, 7) is 2.83. The monoisotopic (exact) mass is 342 g/mol. The number of ether oxygens (including phenoxy) is 1.